The second-order valence-corrected chi connectivity index (χ2v) is 4.07. The average Bonchev–Trinajstić information content (AvgIpc) is 2.28. The lowest BCUT2D eigenvalue weighted by Gasteiger charge is -2.20. The van der Waals surface area contributed by atoms with Crippen LogP contribution in [0.2, 0.25) is 0 Å². The Kier molecular flexibility index (Phi) is 11.0. The molecule has 6 heteroatoms. The smallest absolute Gasteiger partial charge is 0.220 e. The zero-order valence-electron chi connectivity index (χ0n) is 11.5. The molecule has 0 spiro atoms. The van der Waals surface area contributed by atoms with Crippen LogP contribution in [0.4, 0.5) is 0 Å². The van der Waals surface area contributed by atoms with E-state index in [1.54, 1.807) is 14.2 Å². The Morgan fingerprint density at radius 2 is 1.61 bits per heavy atom. The van der Waals surface area contributed by atoms with Gasteiger partial charge in [0.1, 0.15) is 0 Å². The zero-order valence-corrected chi connectivity index (χ0v) is 11.5. The molecule has 108 valence electrons. The highest BCUT2D eigenvalue weighted by Crippen LogP contribution is 2.10. The van der Waals surface area contributed by atoms with Crippen LogP contribution in [0, 0.1) is 0 Å². The summed E-state index contributed by atoms with van der Waals surface area (Å²) in [6.45, 7) is 3.95. The highest BCUT2D eigenvalue weighted by Gasteiger charge is 2.16. The summed E-state index contributed by atoms with van der Waals surface area (Å²) in [4.78, 5) is 10.9. The van der Waals surface area contributed by atoms with Crippen LogP contribution in [0.5, 0.6) is 0 Å². The molecule has 2 N–H and O–H groups in total. The van der Waals surface area contributed by atoms with Gasteiger partial charge in [0.2, 0.25) is 5.91 Å². The minimum Gasteiger partial charge on any atom is -0.382 e. The van der Waals surface area contributed by atoms with Crippen molar-refractivity contribution in [2.24, 2.45) is 5.73 Å². The molecule has 0 aliphatic heterocycles. The van der Waals surface area contributed by atoms with Crippen LogP contribution >= 0.6 is 0 Å². The highest BCUT2D eigenvalue weighted by atomic mass is 16.5. The fourth-order valence-electron chi connectivity index (χ4n) is 1.50. The average molecular weight is 263 g/mol. The van der Waals surface area contributed by atoms with Crippen LogP contribution in [0.25, 0.3) is 0 Å². The van der Waals surface area contributed by atoms with E-state index in [1.165, 1.54) is 0 Å². The second kappa shape index (κ2) is 11.4. The molecule has 0 aliphatic carbocycles. The first kappa shape index (κ1) is 17.3. The van der Waals surface area contributed by atoms with Crippen molar-refractivity contribution in [2.45, 2.75) is 32.0 Å². The van der Waals surface area contributed by atoms with Gasteiger partial charge in [-0.2, -0.15) is 0 Å². The molecule has 18 heavy (non-hydrogen) atoms. The van der Waals surface area contributed by atoms with Gasteiger partial charge in [-0.25, -0.2) is 0 Å². The van der Waals surface area contributed by atoms with E-state index in [-0.39, 0.29) is 24.5 Å². The zero-order chi connectivity index (χ0) is 13.8. The molecule has 0 fully saturated rings. The van der Waals surface area contributed by atoms with Crippen LogP contribution in [0.1, 0.15) is 19.8 Å². The van der Waals surface area contributed by atoms with Gasteiger partial charge < -0.3 is 24.7 Å². The van der Waals surface area contributed by atoms with Gasteiger partial charge in [0, 0.05) is 14.2 Å². The fraction of sp³-hybridized carbons (Fsp3) is 0.917. The van der Waals surface area contributed by atoms with Gasteiger partial charge in [-0.05, 0) is 13.3 Å². The van der Waals surface area contributed by atoms with Crippen LogP contribution in [-0.4, -0.2) is 58.8 Å². The van der Waals surface area contributed by atoms with Crippen molar-refractivity contribution in [3.05, 3.63) is 0 Å². The van der Waals surface area contributed by atoms with Crippen LogP contribution in [0.15, 0.2) is 0 Å². The number of amides is 1. The van der Waals surface area contributed by atoms with E-state index in [1.807, 2.05) is 6.92 Å². The van der Waals surface area contributed by atoms with Crippen LogP contribution in [-0.2, 0) is 23.7 Å². The van der Waals surface area contributed by atoms with Crippen LogP contribution in [0.3, 0.4) is 0 Å². The normalized spacial score (nSPS) is 14.4. The van der Waals surface area contributed by atoms with Crippen molar-refractivity contribution in [1.82, 2.24) is 0 Å². The molecule has 0 saturated carbocycles. The maximum Gasteiger partial charge on any atom is 0.220 e. The number of primary amides is 1. The highest BCUT2D eigenvalue weighted by molar-refractivity contribution is 5.74. The minimum absolute atomic E-state index is 0.00737. The van der Waals surface area contributed by atoms with Gasteiger partial charge in [0.05, 0.1) is 45.1 Å². The van der Waals surface area contributed by atoms with Crippen molar-refractivity contribution >= 4 is 5.91 Å². The predicted octanol–water partition coefficient (Wildman–Crippen LogP) is 0.335. The minimum atomic E-state index is -0.374. The van der Waals surface area contributed by atoms with Crippen LogP contribution < -0.4 is 5.73 Å². The lowest BCUT2D eigenvalue weighted by Crippen LogP contribution is -2.28. The number of hydrogen-bond donors (Lipinski definition) is 1. The summed E-state index contributed by atoms with van der Waals surface area (Å²) in [6.07, 6.45) is 0.583. The first-order chi connectivity index (χ1) is 8.60. The Bertz CT molecular complexity index is 213. The quantitative estimate of drug-likeness (QED) is 0.513. The van der Waals surface area contributed by atoms with Gasteiger partial charge in [-0.15, -0.1) is 0 Å². The van der Waals surface area contributed by atoms with Crippen molar-refractivity contribution in [3.63, 3.8) is 0 Å². The standard InChI is InChI=1S/C12H25NO5/c1-10(17-6-4-15-2)8-11(9-12(13)14)18-7-5-16-3/h10-11H,4-9H2,1-3H3,(H2,13,14). The summed E-state index contributed by atoms with van der Waals surface area (Å²) in [5.41, 5.74) is 5.18. The monoisotopic (exact) mass is 263 g/mol. The van der Waals surface area contributed by atoms with Gasteiger partial charge in [0.15, 0.2) is 0 Å². The van der Waals surface area contributed by atoms with Crippen molar-refractivity contribution < 1.29 is 23.7 Å². The van der Waals surface area contributed by atoms with E-state index in [2.05, 4.69) is 0 Å². The second-order valence-electron chi connectivity index (χ2n) is 4.07. The maximum absolute atomic E-state index is 10.9. The Balaban J connectivity index is 3.92. The molecule has 0 heterocycles. The van der Waals surface area contributed by atoms with Crippen molar-refractivity contribution in [2.75, 3.05) is 40.6 Å². The molecular weight excluding hydrogens is 238 g/mol. The number of nitrogens with two attached hydrogens (primary N) is 1. The molecule has 0 bridgehead atoms. The van der Waals surface area contributed by atoms with E-state index in [4.69, 9.17) is 24.7 Å². The number of methoxy groups -OCH3 is 2. The number of ether oxygens (including phenoxy) is 4. The summed E-state index contributed by atoms with van der Waals surface area (Å²) in [6, 6.07) is 0. The largest absolute Gasteiger partial charge is 0.382 e. The molecule has 1 amide bonds. The first-order valence-corrected chi connectivity index (χ1v) is 6.09. The van der Waals surface area contributed by atoms with Gasteiger partial charge in [-0.3, -0.25) is 4.79 Å². The molecular formula is C12H25NO5. The van der Waals surface area contributed by atoms with Gasteiger partial charge >= 0.3 is 0 Å². The molecule has 0 aromatic heterocycles. The molecule has 2 unspecified atom stereocenters. The van der Waals surface area contributed by atoms with Crippen molar-refractivity contribution in [3.8, 4) is 0 Å². The number of carbonyl (C=O) groups is 1. The summed E-state index contributed by atoms with van der Waals surface area (Å²) >= 11 is 0. The van der Waals surface area contributed by atoms with Gasteiger partial charge in [0.25, 0.3) is 0 Å². The Hall–Kier alpha value is -0.690. The molecule has 6 nitrogen and oxygen atoms in total. The molecule has 0 aromatic rings. The van der Waals surface area contributed by atoms with E-state index in [9.17, 15) is 4.79 Å². The third-order valence-electron chi connectivity index (χ3n) is 2.35. The number of carbonyl (C=O) groups excluding carboxylic acids is 1. The van der Waals surface area contributed by atoms with E-state index in [0.717, 1.165) is 0 Å². The summed E-state index contributed by atoms with van der Waals surface area (Å²) in [5, 5.41) is 0. The van der Waals surface area contributed by atoms with Crippen molar-refractivity contribution in [1.29, 1.82) is 0 Å². The SMILES string of the molecule is COCCOC(C)CC(CC(N)=O)OCCOC. The third kappa shape index (κ3) is 10.5. The number of hydrogen-bond acceptors (Lipinski definition) is 5. The molecule has 2 atom stereocenters. The summed E-state index contributed by atoms with van der Waals surface area (Å²) < 4.78 is 20.8. The first-order valence-electron chi connectivity index (χ1n) is 6.09. The van der Waals surface area contributed by atoms with E-state index in [0.29, 0.717) is 32.8 Å². The lowest BCUT2D eigenvalue weighted by molar-refractivity contribution is -0.122. The molecule has 0 aromatic carbocycles. The predicted molar refractivity (Wildman–Crippen MR) is 67.3 cm³/mol. The topological polar surface area (TPSA) is 80.0 Å². The van der Waals surface area contributed by atoms with E-state index >= 15 is 0 Å². The molecule has 0 aliphatic rings. The number of rotatable bonds is 12. The third-order valence-corrected chi connectivity index (χ3v) is 2.35. The molecule has 0 saturated heterocycles. The lowest BCUT2D eigenvalue weighted by atomic mass is 10.1. The molecule has 0 rings (SSSR count). The summed E-state index contributed by atoms with van der Waals surface area (Å²) in [5.74, 6) is -0.374. The maximum atomic E-state index is 10.9. The Labute approximate surface area is 109 Å². The Morgan fingerprint density at radius 3 is 2.11 bits per heavy atom. The van der Waals surface area contributed by atoms with Gasteiger partial charge in [-0.1, -0.05) is 0 Å². The Morgan fingerprint density at radius 1 is 1.06 bits per heavy atom. The van der Waals surface area contributed by atoms with E-state index < -0.39 is 0 Å². The fourth-order valence-corrected chi connectivity index (χ4v) is 1.50. The summed E-state index contributed by atoms with van der Waals surface area (Å²) in [7, 11) is 3.22. The molecule has 0 radical (unpaired) electrons.